The predicted octanol–water partition coefficient (Wildman–Crippen LogP) is -0.708. The fraction of sp³-hybridized carbons (Fsp3) is 1.00. The lowest BCUT2D eigenvalue weighted by Gasteiger charge is -1.82. The summed E-state index contributed by atoms with van der Waals surface area (Å²) >= 11 is 0. The molecule has 0 aromatic heterocycles. The Morgan fingerprint density at radius 1 is 1.62 bits per heavy atom. The van der Waals surface area contributed by atoms with Crippen LogP contribution in [0.1, 0.15) is 0 Å². The van der Waals surface area contributed by atoms with Gasteiger partial charge < -0.3 is 5.21 Å². The largest absolute Gasteiger partial charge is 0.599 e. The summed E-state index contributed by atoms with van der Waals surface area (Å²) < 4.78 is 23.2. The van der Waals surface area contributed by atoms with Gasteiger partial charge in [0, 0.05) is 0 Å². The molecule has 0 atom stereocenters. The van der Waals surface area contributed by atoms with Crippen LogP contribution in [0.3, 0.4) is 0 Å². The second-order valence-corrected chi connectivity index (χ2v) is 3.18. The molecule has 1 rings (SSSR count). The third-order valence-corrected chi connectivity index (χ3v) is 1.89. The third kappa shape index (κ3) is 0.945. The molecule has 0 aromatic carbocycles. The molecule has 0 amide bonds. The van der Waals surface area contributed by atoms with Gasteiger partial charge in [-0.2, -0.15) is 8.42 Å². The van der Waals surface area contributed by atoms with Gasteiger partial charge in [-0.1, -0.05) is 4.86 Å². The van der Waals surface area contributed by atoms with E-state index in [1.807, 2.05) is 0 Å². The Bertz CT molecular complexity index is 215. The molecule has 6 heteroatoms. The first-order chi connectivity index (χ1) is 3.60. The Morgan fingerprint density at radius 3 is 2.38 bits per heavy atom. The summed E-state index contributed by atoms with van der Waals surface area (Å²) in [5.41, 5.74) is 0. The van der Waals surface area contributed by atoms with Crippen LogP contribution in [0.25, 0.3) is 0 Å². The fourth-order valence-corrected chi connectivity index (χ4v) is 1.24. The van der Waals surface area contributed by atoms with Crippen LogP contribution in [-0.4, -0.2) is 25.6 Å². The molecule has 0 fully saturated rings. The maximum Gasteiger partial charge on any atom is 0.314 e. The second-order valence-electron chi connectivity index (χ2n) is 1.44. The van der Waals surface area contributed by atoms with Gasteiger partial charge in [-0.25, -0.2) is 0 Å². The summed E-state index contributed by atoms with van der Waals surface area (Å²) in [6.07, 6.45) is 0. The van der Waals surface area contributed by atoms with Gasteiger partial charge in [-0.15, -0.1) is 0 Å². The zero-order chi connectivity index (χ0) is 6.20. The Hall–Kier alpha value is -0.650. The third-order valence-electron chi connectivity index (χ3n) is 0.756. The van der Waals surface area contributed by atoms with E-state index in [0.29, 0.717) is 0 Å². The number of nitrogens with zero attached hydrogens (tertiary/aromatic N) is 2. The summed E-state index contributed by atoms with van der Waals surface area (Å²) in [4.78, 5) is 0.176. The van der Waals surface area contributed by atoms with Crippen LogP contribution in [-0.2, 0) is 10.0 Å². The molecule has 46 valence electrons. The van der Waals surface area contributed by atoms with Gasteiger partial charge >= 0.3 is 10.0 Å². The van der Waals surface area contributed by atoms with Gasteiger partial charge in [0.25, 0.3) is 0 Å². The van der Waals surface area contributed by atoms with Gasteiger partial charge in [0.2, 0.25) is 0 Å². The van der Waals surface area contributed by atoms with Crippen molar-refractivity contribution >= 4 is 10.0 Å². The van der Waals surface area contributed by atoms with Crippen LogP contribution >= 0.6 is 0 Å². The van der Waals surface area contributed by atoms with Gasteiger partial charge in [-0.05, 0) is 0 Å². The van der Waals surface area contributed by atoms with Crippen molar-refractivity contribution in [3.63, 3.8) is 0 Å². The quantitative estimate of drug-likeness (QED) is 0.326. The van der Waals surface area contributed by atoms with E-state index < -0.39 is 10.0 Å². The highest BCUT2D eigenvalue weighted by atomic mass is 32.2. The van der Waals surface area contributed by atoms with Crippen LogP contribution in [0.15, 0.2) is 4.52 Å². The highest BCUT2D eigenvalue weighted by Crippen LogP contribution is 2.00. The first kappa shape index (κ1) is 5.49. The van der Waals surface area contributed by atoms with Crippen molar-refractivity contribution in [1.29, 1.82) is 0 Å². The normalized spacial score (nSPS) is 25.2. The SMILES string of the molecule is O=S1(=O)CC[N+]([O-])=N1. The zero-order valence-corrected chi connectivity index (χ0v) is 4.76. The number of hydrogen-bond acceptors (Lipinski definition) is 3. The van der Waals surface area contributed by atoms with Crippen molar-refractivity contribution in [1.82, 2.24) is 0 Å². The maximum absolute atomic E-state index is 10.2. The summed E-state index contributed by atoms with van der Waals surface area (Å²) in [6.45, 7) is -0.0255. The van der Waals surface area contributed by atoms with Crippen LogP contribution < -0.4 is 0 Å². The molecule has 0 unspecified atom stereocenters. The number of sulfonamides is 1. The average molecular weight is 136 g/mol. The molecule has 1 aliphatic rings. The Morgan fingerprint density at radius 2 is 2.25 bits per heavy atom. The molecular weight excluding hydrogens is 132 g/mol. The second kappa shape index (κ2) is 1.41. The average Bonchev–Trinajstić information content (AvgIpc) is 1.82. The van der Waals surface area contributed by atoms with Gasteiger partial charge in [0.05, 0.1) is 0 Å². The van der Waals surface area contributed by atoms with Crippen LogP contribution in [0, 0.1) is 5.21 Å². The molecule has 1 heterocycles. The zero-order valence-electron chi connectivity index (χ0n) is 3.94. The molecule has 0 bridgehead atoms. The Kier molecular flexibility index (Phi) is 0.968. The highest BCUT2D eigenvalue weighted by molar-refractivity contribution is 7.89. The van der Waals surface area contributed by atoms with E-state index in [0.717, 1.165) is 0 Å². The maximum atomic E-state index is 10.2. The molecule has 8 heavy (non-hydrogen) atoms. The summed E-state index contributed by atoms with van der Waals surface area (Å²) in [6, 6.07) is 0. The van der Waals surface area contributed by atoms with Crippen molar-refractivity contribution in [2.45, 2.75) is 0 Å². The summed E-state index contributed by atoms with van der Waals surface area (Å²) in [7, 11) is -3.36. The molecule has 0 radical (unpaired) electrons. The molecular formula is C2H4N2O3S. The van der Waals surface area contributed by atoms with Crippen LogP contribution in [0.4, 0.5) is 0 Å². The van der Waals surface area contributed by atoms with Crippen molar-refractivity contribution < 1.29 is 13.3 Å². The topological polar surface area (TPSA) is 72.6 Å². The first-order valence-electron chi connectivity index (χ1n) is 2.00. The minimum atomic E-state index is -3.36. The lowest BCUT2D eigenvalue weighted by molar-refractivity contribution is -0.509. The van der Waals surface area contributed by atoms with Crippen molar-refractivity contribution in [2.75, 3.05) is 12.3 Å². The van der Waals surface area contributed by atoms with Crippen molar-refractivity contribution in [3.8, 4) is 0 Å². The molecule has 1 aliphatic heterocycles. The van der Waals surface area contributed by atoms with Crippen molar-refractivity contribution in [2.24, 2.45) is 4.52 Å². The van der Waals surface area contributed by atoms with E-state index >= 15 is 0 Å². The van der Waals surface area contributed by atoms with E-state index in [9.17, 15) is 13.6 Å². The standard InChI is InChI=1S/C2H4N2O3S/c5-4-1-2-8(6,7)3-4/h1-2H2. The van der Waals surface area contributed by atoms with E-state index in [1.54, 1.807) is 0 Å². The molecule has 0 saturated heterocycles. The first-order valence-corrected chi connectivity index (χ1v) is 3.61. The molecule has 0 spiro atoms. The molecule has 0 saturated carbocycles. The highest BCUT2D eigenvalue weighted by Gasteiger charge is 2.22. The van der Waals surface area contributed by atoms with E-state index in [1.165, 1.54) is 0 Å². The lowest BCUT2D eigenvalue weighted by atomic mass is 10.8. The van der Waals surface area contributed by atoms with E-state index in [4.69, 9.17) is 0 Å². The molecule has 5 nitrogen and oxygen atoms in total. The molecule has 0 aromatic rings. The van der Waals surface area contributed by atoms with Gasteiger partial charge in [0.1, 0.15) is 10.3 Å². The van der Waals surface area contributed by atoms with Gasteiger partial charge in [-0.3, -0.25) is 0 Å². The van der Waals surface area contributed by atoms with Gasteiger partial charge in [0.15, 0.2) is 6.54 Å². The van der Waals surface area contributed by atoms with Crippen molar-refractivity contribution in [3.05, 3.63) is 5.21 Å². The van der Waals surface area contributed by atoms with Crippen LogP contribution in [0.2, 0.25) is 0 Å². The lowest BCUT2D eigenvalue weighted by Crippen LogP contribution is -2.00. The monoisotopic (exact) mass is 136 g/mol. The summed E-state index contributed by atoms with van der Waals surface area (Å²) in [5, 5.41) is 10.0. The smallest absolute Gasteiger partial charge is 0.314 e. The summed E-state index contributed by atoms with van der Waals surface area (Å²) in [5.74, 6) is -0.142. The number of hydrogen-bond donors (Lipinski definition) is 0. The Balaban J connectivity index is 3.00. The molecule has 0 aliphatic carbocycles. The predicted molar refractivity (Wildman–Crippen MR) is 24.7 cm³/mol. The molecule has 0 N–H and O–H groups in total. The van der Waals surface area contributed by atoms with Crippen LogP contribution in [0.5, 0.6) is 0 Å². The fourth-order valence-electron chi connectivity index (χ4n) is 0.414. The number of hydroxylamine groups is 1. The van der Waals surface area contributed by atoms with E-state index in [2.05, 4.69) is 4.52 Å². The number of rotatable bonds is 0. The Labute approximate surface area is 46.3 Å². The minimum absolute atomic E-state index is 0.0255. The van der Waals surface area contributed by atoms with E-state index in [-0.39, 0.29) is 17.2 Å². The minimum Gasteiger partial charge on any atom is -0.599 e.